The second kappa shape index (κ2) is 9.40. The van der Waals surface area contributed by atoms with Crippen LogP contribution in [0.25, 0.3) is 5.82 Å². The highest BCUT2D eigenvalue weighted by Gasteiger charge is 2.32. The first kappa shape index (κ1) is 23.7. The van der Waals surface area contributed by atoms with Gasteiger partial charge >= 0.3 is 0 Å². The van der Waals surface area contributed by atoms with E-state index in [1.807, 2.05) is 6.92 Å². The summed E-state index contributed by atoms with van der Waals surface area (Å²) in [6.45, 7) is 2.02. The number of nitrogens with one attached hydrogen (secondary N) is 2. The van der Waals surface area contributed by atoms with Crippen LogP contribution in [0.3, 0.4) is 0 Å². The molecule has 2 amide bonds. The summed E-state index contributed by atoms with van der Waals surface area (Å²) >= 11 is 12.1. The van der Waals surface area contributed by atoms with Gasteiger partial charge in [-0.3, -0.25) is 14.4 Å². The van der Waals surface area contributed by atoms with Crippen molar-refractivity contribution in [2.75, 3.05) is 19.4 Å². The molecule has 3 heterocycles. The molecule has 0 spiro atoms. The largest absolute Gasteiger partial charge is 0.358 e. The summed E-state index contributed by atoms with van der Waals surface area (Å²) in [4.78, 5) is 52.9. The second-order valence-electron chi connectivity index (χ2n) is 7.71. The van der Waals surface area contributed by atoms with Crippen LogP contribution >= 0.6 is 23.2 Å². The molecule has 0 bridgehead atoms. The van der Waals surface area contributed by atoms with Crippen LogP contribution in [0.5, 0.6) is 0 Å². The fraction of sp³-hybridized carbons (Fsp3) is 0.273. The minimum absolute atomic E-state index is 0.126. The molecule has 3 aromatic rings. The Balaban J connectivity index is 1.71. The van der Waals surface area contributed by atoms with E-state index in [1.165, 1.54) is 30.1 Å². The summed E-state index contributed by atoms with van der Waals surface area (Å²) in [5.41, 5.74) is 1.19. The van der Waals surface area contributed by atoms with Gasteiger partial charge in [-0.2, -0.15) is 0 Å². The zero-order valence-electron chi connectivity index (χ0n) is 18.6. The molecule has 0 radical (unpaired) electrons. The van der Waals surface area contributed by atoms with E-state index in [0.717, 1.165) is 0 Å². The minimum Gasteiger partial charge on any atom is -0.358 e. The van der Waals surface area contributed by atoms with Crippen molar-refractivity contribution < 1.29 is 9.59 Å². The molecule has 1 aliphatic rings. The summed E-state index contributed by atoms with van der Waals surface area (Å²) in [5.74, 6) is -0.157. The molecule has 2 N–H and O–H groups in total. The van der Waals surface area contributed by atoms with E-state index in [2.05, 4.69) is 25.6 Å². The zero-order chi connectivity index (χ0) is 24.6. The molecule has 1 atom stereocenters. The summed E-state index contributed by atoms with van der Waals surface area (Å²) in [5, 5.41) is 6.03. The molecule has 0 fully saturated rings. The Labute approximate surface area is 204 Å². The summed E-state index contributed by atoms with van der Waals surface area (Å²) < 4.78 is 1.31. The average molecular weight is 502 g/mol. The molecular formula is C22H21Cl2N7O3. The maximum Gasteiger partial charge on any atom is 0.271 e. The number of anilines is 1. The van der Waals surface area contributed by atoms with Crippen LogP contribution in [-0.2, 0) is 13.0 Å². The van der Waals surface area contributed by atoms with Crippen LogP contribution in [-0.4, -0.2) is 56.4 Å². The molecular weight excluding hydrogens is 481 g/mol. The maximum atomic E-state index is 13.4. The molecule has 176 valence electrons. The number of hydrogen-bond acceptors (Lipinski definition) is 7. The zero-order valence-corrected chi connectivity index (χ0v) is 20.1. The second-order valence-corrected chi connectivity index (χ2v) is 8.52. The molecule has 1 aliphatic heterocycles. The predicted molar refractivity (Wildman–Crippen MR) is 128 cm³/mol. The Morgan fingerprint density at radius 3 is 2.50 bits per heavy atom. The summed E-state index contributed by atoms with van der Waals surface area (Å²) in [6, 6.07) is 4.45. The fourth-order valence-electron chi connectivity index (χ4n) is 3.79. The van der Waals surface area contributed by atoms with Crippen molar-refractivity contribution in [3.63, 3.8) is 0 Å². The molecule has 1 aromatic carbocycles. The third-order valence-electron chi connectivity index (χ3n) is 5.59. The third-order valence-corrected chi connectivity index (χ3v) is 6.33. The predicted octanol–water partition coefficient (Wildman–Crippen LogP) is 2.32. The molecule has 0 saturated carbocycles. The highest BCUT2D eigenvalue weighted by molar-refractivity contribution is 6.42. The Morgan fingerprint density at radius 1 is 1.12 bits per heavy atom. The number of benzene rings is 1. The molecule has 4 rings (SSSR count). The van der Waals surface area contributed by atoms with Gasteiger partial charge in [0.2, 0.25) is 5.95 Å². The van der Waals surface area contributed by atoms with Crippen LogP contribution in [0, 0.1) is 0 Å². The smallest absolute Gasteiger partial charge is 0.271 e. The van der Waals surface area contributed by atoms with E-state index in [1.54, 1.807) is 24.1 Å². The third kappa shape index (κ3) is 4.22. The Bertz CT molecular complexity index is 1340. The van der Waals surface area contributed by atoms with Gasteiger partial charge in [0.15, 0.2) is 5.82 Å². The Morgan fingerprint density at radius 2 is 1.88 bits per heavy atom. The highest BCUT2D eigenvalue weighted by atomic mass is 35.5. The van der Waals surface area contributed by atoms with E-state index in [0.29, 0.717) is 33.3 Å². The van der Waals surface area contributed by atoms with Gasteiger partial charge in [0, 0.05) is 31.3 Å². The summed E-state index contributed by atoms with van der Waals surface area (Å²) in [6.07, 6.45) is 2.94. The van der Waals surface area contributed by atoms with Crippen LogP contribution in [0.4, 0.5) is 5.95 Å². The monoisotopic (exact) mass is 501 g/mol. The molecule has 34 heavy (non-hydrogen) atoms. The van der Waals surface area contributed by atoms with Crippen LogP contribution in [0.1, 0.15) is 39.0 Å². The number of rotatable bonds is 4. The Kier molecular flexibility index (Phi) is 6.54. The van der Waals surface area contributed by atoms with Crippen molar-refractivity contribution >= 4 is 41.0 Å². The summed E-state index contributed by atoms with van der Waals surface area (Å²) in [7, 11) is 3.12. The topological polar surface area (TPSA) is 122 Å². The molecule has 2 aromatic heterocycles. The number of carbonyl (C=O) groups excluding carboxylic acids is 2. The van der Waals surface area contributed by atoms with Crippen molar-refractivity contribution in [3.05, 3.63) is 73.5 Å². The minimum atomic E-state index is -0.385. The fourth-order valence-corrected chi connectivity index (χ4v) is 4.09. The van der Waals surface area contributed by atoms with Crippen molar-refractivity contribution in [1.82, 2.24) is 29.7 Å². The number of aromatic nitrogens is 4. The van der Waals surface area contributed by atoms with Gasteiger partial charge in [-0.15, -0.1) is 0 Å². The molecule has 0 saturated heterocycles. The molecule has 12 heteroatoms. The molecule has 0 aliphatic carbocycles. The van der Waals surface area contributed by atoms with Crippen molar-refractivity contribution in [2.24, 2.45) is 0 Å². The van der Waals surface area contributed by atoms with E-state index in [4.69, 9.17) is 23.2 Å². The van der Waals surface area contributed by atoms with E-state index in [9.17, 15) is 14.4 Å². The normalized spacial score (nSPS) is 15.0. The van der Waals surface area contributed by atoms with Crippen LogP contribution < -0.4 is 16.2 Å². The molecule has 10 nitrogen and oxygen atoms in total. The lowest BCUT2D eigenvalue weighted by molar-refractivity contribution is 0.0653. The van der Waals surface area contributed by atoms with Crippen molar-refractivity contribution in [1.29, 1.82) is 0 Å². The number of amides is 2. The van der Waals surface area contributed by atoms with Gasteiger partial charge in [0.05, 0.1) is 34.7 Å². The first-order chi connectivity index (χ1) is 16.2. The lowest BCUT2D eigenvalue weighted by atomic mass is 9.98. The number of carbonyl (C=O) groups is 2. The van der Waals surface area contributed by atoms with Gasteiger partial charge in [0.1, 0.15) is 5.69 Å². The van der Waals surface area contributed by atoms with Gasteiger partial charge in [0.25, 0.3) is 17.4 Å². The highest BCUT2D eigenvalue weighted by Crippen LogP contribution is 2.27. The lowest BCUT2D eigenvalue weighted by Gasteiger charge is -2.34. The van der Waals surface area contributed by atoms with Crippen molar-refractivity contribution in [2.45, 2.75) is 25.9 Å². The number of hydrogen-bond donors (Lipinski definition) is 2. The molecule has 0 unspecified atom stereocenters. The number of halogens is 2. The SMILES string of the molecule is CNC(=O)c1cnc(-n2c(NC)nc3c(c2=O)C[C@@H](C)N(C(=O)c2ccc(Cl)c(Cl)c2)C3)cn1. The Hall–Kier alpha value is -3.50. The van der Waals surface area contributed by atoms with Gasteiger partial charge in [-0.05, 0) is 31.5 Å². The standard InChI is InChI=1S/C22H21Cl2N7O3/c1-11-6-13-17(10-30(11)20(33)12-4-5-14(23)15(24)7-12)29-22(26-3)31(21(13)34)18-9-27-16(8-28-18)19(32)25-2/h4-5,7-9,11H,6,10H2,1-3H3,(H,25,32)(H,26,29)/t11-/m1/s1. The van der Waals surface area contributed by atoms with Crippen LogP contribution in [0.2, 0.25) is 10.0 Å². The van der Waals surface area contributed by atoms with E-state index >= 15 is 0 Å². The van der Waals surface area contributed by atoms with E-state index < -0.39 is 0 Å². The van der Waals surface area contributed by atoms with Crippen molar-refractivity contribution in [3.8, 4) is 5.82 Å². The maximum absolute atomic E-state index is 13.4. The van der Waals surface area contributed by atoms with E-state index in [-0.39, 0.29) is 47.4 Å². The average Bonchev–Trinajstić information content (AvgIpc) is 2.85. The first-order valence-corrected chi connectivity index (χ1v) is 11.1. The van der Waals surface area contributed by atoms with Gasteiger partial charge in [-0.25, -0.2) is 19.5 Å². The van der Waals surface area contributed by atoms with Gasteiger partial charge in [-0.1, -0.05) is 23.2 Å². The van der Waals surface area contributed by atoms with Crippen LogP contribution in [0.15, 0.2) is 35.4 Å². The quantitative estimate of drug-likeness (QED) is 0.562. The number of nitrogens with zero attached hydrogens (tertiary/aromatic N) is 5. The number of fused-ring (bicyclic) bond motifs is 1. The van der Waals surface area contributed by atoms with Gasteiger partial charge < -0.3 is 15.5 Å². The lowest BCUT2D eigenvalue weighted by Crippen LogP contribution is -2.46. The first-order valence-electron chi connectivity index (χ1n) is 10.4.